The summed E-state index contributed by atoms with van der Waals surface area (Å²) in [4.78, 5) is 0. The van der Waals surface area contributed by atoms with Crippen molar-refractivity contribution in [2.24, 2.45) is 0 Å². The highest BCUT2D eigenvalue weighted by Gasteiger charge is 2.48. The van der Waals surface area contributed by atoms with Crippen LogP contribution in [0.15, 0.2) is 243 Å². The molecule has 0 saturated carbocycles. The van der Waals surface area contributed by atoms with Gasteiger partial charge in [0.1, 0.15) is 0 Å². The van der Waals surface area contributed by atoms with E-state index in [1.54, 1.807) is 0 Å². The SMILES string of the molecule is c1ccc(-c2c3ccccc3c(-c3cccc(-c4ccc5cc6c(cc5c4)C(c4ccccc4)(c4ccccc4)c4c-6c5ccccc5c5ccccc45)c3)c3ccccc23)cc1. The van der Waals surface area contributed by atoms with Crippen LogP contribution >= 0.6 is 0 Å². The zero-order valence-corrected chi connectivity index (χ0v) is 34.6. The van der Waals surface area contributed by atoms with Crippen LogP contribution in [0.5, 0.6) is 0 Å². The molecule has 0 N–H and O–H groups in total. The van der Waals surface area contributed by atoms with Gasteiger partial charge in [-0.15, -0.1) is 0 Å². The first-order valence-corrected chi connectivity index (χ1v) is 22.0. The van der Waals surface area contributed by atoms with Crippen molar-refractivity contribution in [2.45, 2.75) is 5.41 Å². The summed E-state index contributed by atoms with van der Waals surface area (Å²) < 4.78 is 0. The molecule has 0 nitrogen and oxygen atoms in total. The van der Waals surface area contributed by atoms with Crippen LogP contribution in [0.25, 0.3) is 98.4 Å². The summed E-state index contributed by atoms with van der Waals surface area (Å²) in [5.41, 5.74) is 14.8. The molecule has 0 unspecified atom stereocenters. The van der Waals surface area contributed by atoms with E-state index in [1.807, 2.05) is 0 Å². The number of benzene rings is 12. The van der Waals surface area contributed by atoms with Crippen molar-refractivity contribution in [1.82, 2.24) is 0 Å². The van der Waals surface area contributed by atoms with Crippen molar-refractivity contribution < 1.29 is 0 Å². The first-order valence-electron chi connectivity index (χ1n) is 22.0. The second-order valence-electron chi connectivity index (χ2n) is 17.1. The van der Waals surface area contributed by atoms with Crippen molar-refractivity contribution >= 4 is 53.9 Å². The maximum atomic E-state index is 2.52. The normalized spacial score (nSPS) is 12.9. The van der Waals surface area contributed by atoms with Crippen LogP contribution in [-0.4, -0.2) is 0 Å². The average Bonchev–Trinajstić information content (AvgIpc) is 3.66. The lowest BCUT2D eigenvalue weighted by Gasteiger charge is -2.35. The highest BCUT2D eigenvalue weighted by atomic mass is 14.5. The Kier molecular flexibility index (Phi) is 7.92. The van der Waals surface area contributed by atoms with E-state index in [2.05, 4.69) is 243 Å². The summed E-state index contributed by atoms with van der Waals surface area (Å²) in [5, 5.41) is 12.7. The lowest BCUT2D eigenvalue weighted by Crippen LogP contribution is -2.28. The summed E-state index contributed by atoms with van der Waals surface area (Å²) in [6.45, 7) is 0. The van der Waals surface area contributed by atoms with Crippen LogP contribution in [0.3, 0.4) is 0 Å². The molecular weight excluding hydrogens is 757 g/mol. The van der Waals surface area contributed by atoms with E-state index in [0.29, 0.717) is 0 Å². The summed E-state index contributed by atoms with van der Waals surface area (Å²) in [7, 11) is 0. The summed E-state index contributed by atoms with van der Waals surface area (Å²) >= 11 is 0. The van der Waals surface area contributed by atoms with Crippen molar-refractivity contribution in [2.75, 3.05) is 0 Å². The smallest absolute Gasteiger partial charge is 0.0622 e. The van der Waals surface area contributed by atoms with E-state index < -0.39 is 5.41 Å². The molecular formula is C63H40. The van der Waals surface area contributed by atoms with Gasteiger partial charge in [-0.2, -0.15) is 0 Å². The van der Waals surface area contributed by atoms with Gasteiger partial charge in [-0.25, -0.2) is 0 Å². The van der Waals surface area contributed by atoms with Gasteiger partial charge in [0.15, 0.2) is 0 Å². The molecule has 0 saturated heterocycles. The summed E-state index contributed by atoms with van der Waals surface area (Å²) in [6, 6.07) is 90.4. The Morgan fingerprint density at radius 3 is 1.25 bits per heavy atom. The zero-order chi connectivity index (χ0) is 41.5. The number of hydrogen-bond acceptors (Lipinski definition) is 0. The number of fused-ring (bicyclic) bond motifs is 11. The molecule has 0 aliphatic heterocycles. The number of hydrogen-bond donors (Lipinski definition) is 0. The minimum Gasteiger partial charge on any atom is -0.0622 e. The highest BCUT2D eigenvalue weighted by Crippen LogP contribution is 2.61. The van der Waals surface area contributed by atoms with Crippen LogP contribution in [0.1, 0.15) is 22.3 Å². The molecule has 292 valence electrons. The van der Waals surface area contributed by atoms with E-state index in [9.17, 15) is 0 Å². The predicted molar refractivity (Wildman–Crippen MR) is 268 cm³/mol. The van der Waals surface area contributed by atoms with Crippen LogP contribution < -0.4 is 0 Å². The predicted octanol–water partition coefficient (Wildman–Crippen LogP) is 16.8. The molecule has 0 spiro atoms. The maximum Gasteiger partial charge on any atom is 0.0720 e. The maximum absolute atomic E-state index is 2.52. The van der Waals surface area contributed by atoms with Crippen LogP contribution in [0, 0.1) is 0 Å². The Labute approximate surface area is 367 Å². The van der Waals surface area contributed by atoms with Crippen LogP contribution in [0.2, 0.25) is 0 Å². The molecule has 0 fully saturated rings. The van der Waals surface area contributed by atoms with Crippen molar-refractivity contribution in [3.8, 4) is 44.5 Å². The van der Waals surface area contributed by atoms with Gasteiger partial charge in [0.2, 0.25) is 0 Å². The molecule has 0 aromatic heterocycles. The first-order chi connectivity index (χ1) is 31.3. The fourth-order valence-electron chi connectivity index (χ4n) is 11.3. The van der Waals surface area contributed by atoms with Gasteiger partial charge >= 0.3 is 0 Å². The van der Waals surface area contributed by atoms with Gasteiger partial charge in [0, 0.05) is 0 Å². The Hall–Kier alpha value is -8.06. The fourth-order valence-corrected chi connectivity index (χ4v) is 11.3. The molecule has 0 heterocycles. The van der Waals surface area contributed by atoms with E-state index in [-0.39, 0.29) is 0 Å². The summed E-state index contributed by atoms with van der Waals surface area (Å²) in [5.74, 6) is 0. The molecule has 0 heteroatoms. The third-order valence-electron chi connectivity index (χ3n) is 13.9. The molecule has 0 atom stereocenters. The topological polar surface area (TPSA) is 0 Å². The van der Waals surface area contributed by atoms with E-state index in [0.717, 1.165) is 0 Å². The van der Waals surface area contributed by atoms with Gasteiger partial charge in [-0.1, -0.05) is 218 Å². The Balaban J connectivity index is 1.06. The summed E-state index contributed by atoms with van der Waals surface area (Å²) in [6.07, 6.45) is 0. The quantitative estimate of drug-likeness (QED) is 0.120. The standard InChI is InChI=1S/C63H40/c1-4-19-41(20-5-1)59-52-30-13-15-32-54(52)60(55-33-16-14-31-53(55)59)45-22-18-21-42(37-45)43-35-36-44-39-57-58(40-46(44)38-43)63(47-23-6-2-7-24-47,48-25-8-3-9-26-48)62-56-34-17-11-28-50(56)49-27-10-12-29-51(49)61(57)62/h1-40H. The highest BCUT2D eigenvalue weighted by molar-refractivity contribution is 6.22. The Morgan fingerprint density at radius 1 is 0.238 bits per heavy atom. The minimum absolute atomic E-state index is 0.547. The molecule has 12 aromatic carbocycles. The van der Waals surface area contributed by atoms with Crippen molar-refractivity contribution in [3.05, 3.63) is 265 Å². The molecule has 12 aromatic rings. The second-order valence-corrected chi connectivity index (χ2v) is 17.1. The monoisotopic (exact) mass is 796 g/mol. The van der Waals surface area contributed by atoms with Gasteiger partial charge in [0.05, 0.1) is 5.41 Å². The van der Waals surface area contributed by atoms with Gasteiger partial charge < -0.3 is 0 Å². The molecule has 0 bridgehead atoms. The molecule has 63 heavy (non-hydrogen) atoms. The molecule has 0 amide bonds. The molecule has 1 aliphatic rings. The minimum atomic E-state index is -0.547. The Bertz CT molecular complexity index is 3670. The Morgan fingerprint density at radius 2 is 0.667 bits per heavy atom. The molecule has 0 radical (unpaired) electrons. The van der Waals surface area contributed by atoms with Gasteiger partial charge in [0.25, 0.3) is 0 Å². The van der Waals surface area contributed by atoms with Gasteiger partial charge in [-0.3, -0.25) is 0 Å². The molecule has 13 rings (SSSR count). The lowest BCUT2D eigenvalue weighted by molar-refractivity contribution is 0.777. The van der Waals surface area contributed by atoms with E-state index in [4.69, 9.17) is 0 Å². The largest absolute Gasteiger partial charge is 0.0720 e. The van der Waals surface area contributed by atoms with Crippen molar-refractivity contribution in [3.63, 3.8) is 0 Å². The van der Waals surface area contributed by atoms with Gasteiger partial charge in [-0.05, 0) is 145 Å². The van der Waals surface area contributed by atoms with E-state index in [1.165, 1.54) is 121 Å². The van der Waals surface area contributed by atoms with Crippen molar-refractivity contribution in [1.29, 1.82) is 0 Å². The van der Waals surface area contributed by atoms with Crippen LogP contribution in [0.4, 0.5) is 0 Å². The third kappa shape index (κ3) is 5.22. The second kappa shape index (κ2) is 14.0. The average molecular weight is 797 g/mol. The van der Waals surface area contributed by atoms with E-state index >= 15 is 0 Å². The lowest BCUT2D eigenvalue weighted by atomic mass is 9.66. The number of rotatable bonds is 5. The van der Waals surface area contributed by atoms with Crippen LogP contribution in [-0.2, 0) is 5.41 Å². The fraction of sp³-hybridized carbons (Fsp3) is 0.0159. The molecule has 1 aliphatic carbocycles. The third-order valence-corrected chi connectivity index (χ3v) is 13.9. The first kappa shape index (κ1) is 35.7. The zero-order valence-electron chi connectivity index (χ0n) is 34.6.